The fourth-order valence-corrected chi connectivity index (χ4v) is 2.77. The van der Waals surface area contributed by atoms with E-state index in [-0.39, 0.29) is 11.7 Å². The van der Waals surface area contributed by atoms with Crippen molar-refractivity contribution in [2.24, 2.45) is 5.92 Å². The maximum atomic E-state index is 12.2. The first-order valence-electron chi connectivity index (χ1n) is 7.55. The molecule has 0 saturated carbocycles. The monoisotopic (exact) mass is 307 g/mol. The highest BCUT2D eigenvalue weighted by atomic mass is 35.5. The van der Waals surface area contributed by atoms with Crippen molar-refractivity contribution in [3.8, 4) is 0 Å². The van der Waals surface area contributed by atoms with Crippen LogP contribution in [0.5, 0.6) is 0 Å². The molecule has 0 aliphatic carbocycles. The summed E-state index contributed by atoms with van der Waals surface area (Å²) in [6.45, 7) is 6.69. The van der Waals surface area contributed by atoms with E-state index in [1.807, 2.05) is 37.8 Å². The van der Waals surface area contributed by atoms with Crippen molar-refractivity contribution >= 4 is 29.0 Å². The van der Waals surface area contributed by atoms with E-state index in [2.05, 4.69) is 0 Å². The molecule has 114 valence electrons. The van der Waals surface area contributed by atoms with Crippen molar-refractivity contribution in [2.75, 3.05) is 11.4 Å². The van der Waals surface area contributed by atoms with Gasteiger partial charge in [-0.2, -0.15) is 0 Å². The molecule has 0 bridgehead atoms. The normalized spacial score (nSPS) is 15.2. The number of hydrogen-bond donors (Lipinski definition) is 0. The zero-order valence-corrected chi connectivity index (χ0v) is 13.6. The molecule has 21 heavy (non-hydrogen) atoms. The predicted octanol–water partition coefficient (Wildman–Crippen LogP) is 3.82. The van der Waals surface area contributed by atoms with Crippen molar-refractivity contribution in [1.82, 2.24) is 0 Å². The summed E-state index contributed by atoms with van der Waals surface area (Å²) in [7, 11) is 0. The second-order valence-electron chi connectivity index (χ2n) is 5.98. The van der Waals surface area contributed by atoms with Gasteiger partial charge in [0.25, 0.3) is 0 Å². The Balaban J connectivity index is 2.20. The van der Waals surface area contributed by atoms with E-state index >= 15 is 0 Å². The van der Waals surface area contributed by atoms with Gasteiger partial charge in [0.1, 0.15) is 0 Å². The van der Waals surface area contributed by atoms with E-state index in [9.17, 15) is 9.59 Å². The Hall–Kier alpha value is -1.35. The fraction of sp³-hybridized carbons (Fsp3) is 0.529. The Morgan fingerprint density at radius 1 is 1.33 bits per heavy atom. The van der Waals surface area contributed by atoms with Gasteiger partial charge in [0.15, 0.2) is 5.78 Å². The van der Waals surface area contributed by atoms with Crippen LogP contribution in [0.3, 0.4) is 0 Å². The Labute approximate surface area is 131 Å². The molecule has 0 fully saturated rings. The molecule has 0 radical (unpaired) electrons. The molecule has 3 nitrogen and oxygen atoms in total. The predicted molar refractivity (Wildman–Crippen MR) is 86.2 cm³/mol. The number of alkyl halides is 1. The first-order valence-corrected chi connectivity index (χ1v) is 7.99. The van der Waals surface area contributed by atoms with Crippen LogP contribution in [0.15, 0.2) is 18.2 Å². The van der Waals surface area contributed by atoms with Gasteiger partial charge < -0.3 is 4.90 Å². The fourth-order valence-electron chi connectivity index (χ4n) is 2.64. The lowest BCUT2D eigenvalue weighted by Crippen LogP contribution is -2.29. The molecule has 1 amide bonds. The summed E-state index contributed by atoms with van der Waals surface area (Å²) >= 11 is 6.02. The topological polar surface area (TPSA) is 37.4 Å². The summed E-state index contributed by atoms with van der Waals surface area (Å²) in [5, 5.41) is -0.469. The molecule has 2 rings (SSSR count). The Bertz CT molecular complexity index is 554. The van der Waals surface area contributed by atoms with Crippen molar-refractivity contribution in [3.63, 3.8) is 0 Å². The third-order valence-corrected chi connectivity index (χ3v) is 4.29. The second kappa shape index (κ2) is 6.61. The molecule has 1 aromatic carbocycles. The van der Waals surface area contributed by atoms with E-state index in [0.717, 1.165) is 17.7 Å². The SMILES string of the molecule is CCC(Cl)C(=O)c1ccc2c(c1)CCN2C(=O)CC(C)C. The van der Waals surface area contributed by atoms with Crippen LogP contribution in [0.4, 0.5) is 5.69 Å². The van der Waals surface area contributed by atoms with Gasteiger partial charge in [-0.05, 0) is 42.5 Å². The first-order chi connectivity index (χ1) is 9.93. The van der Waals surface area contributed by atoms with Gasteiger partial charge >= 0.3 is 0 Å². The number of nitrogens with zero attached hydrogens (tertiary/aromatic N) is 1. The maximum absolute atomic E-state index is 12.2. The standard InChI is InChI=1S/C17H22ClNO2/c1-4-14(18)17(21)13-5-6-15-12(10-13)7-8-19(15)16(20)9-11(2)3/h5-6,10-11,14H,4,7-9H2,1-3H3. The summed E-state index contributed by atoms with van der Waals surface area (Å²) in [6, 6.07) is 5.56. The summed E-state index contributed by atoms with van der Waals surface area (Å²) in [5.74, 6) is 0.476. The van der Waals surface area contributed by atoms with Gasteiger partial charge in [-0.15, -0.1) is 11.6 Å². The lowest BCUT2D eigenvalue weighted by Gasteiger charge is -2.18. The number of amides is 1. The summed E-state index contributed by atoms with van der Waals surface area (Å²) in [6.07, 6.45) is 1.98. The highest BCUT2D eigenvalue weighted by Gasteiger charge is 2.26. The van der Waals surface area contributed by atoms with Gasteiger partial charge in [0, 0.05) is 24.2 Å². The molecule has 0 spiro atoms. The number of fused-ring (bicyclic) bond motifs is 1. The summed E-state index contributed by atoms with van der Waals surface area (Å²) in [4.78, 5) is 26.2. The molecule has 1 aliphatic rings. The second-order valence-corrected chi connectivity index (χ2v) is 6.50. The molecule has 0 saturated heterocycles. The van der Waals surface area contributed by atoms with Crippen molar-refractivity contribution in [1.29, 1.82) is 0 Å². The number of rotatable bonds is 5. The summed E-state index contributed by atoms with van der Waals surface area (Å²) < 4.78 is 0. The number of anilines is 1. The van der Waals surface area contributed by atoms with Gasteiger partial charge in [-0.3, -0.25) is 9.59 Å². The Morgan fingerprint density at radius 3 is 2.67 bits per heavy atom. The number of benzene rings is 1. The van der Waals surface area contributed by atoms with Crippen LogP contribution >= 0.6 is 11.6 Å². The van der Waals surface area contributed by atoms with Crippen LogP contribution < -0.4 is 4.90 Å². The number of hydrogen-bond acceptors (Lipinski definition) is 2. The zero-order valence-electron chi connectivity index (χ0n) is 12.9. The Kier molecular flexibility index (Phi) is 5.04. The molecular weight excluding hydrogens is 286 g/mol. The molecule has 1 atom stereocenters. The van der Waals surface area contributed by atoms with Crippen LogP contribution in [-0.4, -0.2) is 23.6 Å². The molecule has 1 aromatic rings. The quantitative estimate of drug-likeness (QED) is 0.612. The molecular formula is C17H22ClNO2. The van der Waals surface area contributed by atoms with Gasteiger partial charge in [-0.25, -0.2) is 0 Å². The Morgan fingerprint density at radius 2 is 2.05 bits per heavy atom. The lowest BCUT2D eigenvalue weighted by molar-refractivity contribution is -0.119. The number of Topliss-reactive ketones (excluding diaryl/α,β-unsaturated/α-hetero) is 1. The van der Waals surface area contributed by atoms with Crippen LogP contribution in [0.2, 0.25) is 0 Å². The molecule has 1 aliphatic heterocycles. The van der Waals surface area contributed by atoms with Crippen molar-refractivity contribution in [3.05, 3.63) is 29.3 Å². The minimum absolute atomic E-state index is 0.0334. The molecule has 0 N–H and O–H groups in total. The average molecular weight is 308 g/mol. The highest BCUT2D eigenvalue weighted by molar-refractivity contribution is 6.33. The van der Waals surface area contributed by atoms with Crippen LogP contribution in [0.25, 0.3) is 0 Å². The van der Waals surface area contributed by atoms with E-state index < -0.39 is 5.38 Å². The van der Waals surface area contributed by atoms with E-state index in [1.165, 1.54) is 0 Å². The molecule has 4 heteroatoms. The highest BCUT2D eigenvalue weighted by Crippen LogP contribution is 2.30. The molecule has 0 aromatic heterocycles. The number of halogens is 1. The zero-order chi connectivity index (χ0) is 15.6. The van der Waals surface area contributed by atoms with Crippen LogP contribution in [-0.2, 0) is 11.2 Å². The third kappa shape index (κ3) is 3.46. The maximum Gasteiger partial charge on any atom is 0.227 e. The largest absolute Gasteiger partial charge is 0.312 e. The molecule has 1 unspecified atom stereocenters. The van der Waals surface area contributed by atoms with Crippen LogP contribution in [0.1, 0.15) is 49.5 Å². The number of ketones is 1. The average Bonchev–Trinajstić information content (AvgIpc) is 2.87. The van der Waals surface area contributed by atoms with E-state index in [0.29, 0.717) is 30.9 Å². The lowest BCUT2D eigenvalue weighted by atomic mass is 10.0. The third-order valence-electron chi connectivity index (χ3n) is 3.79. The van der Waals surface area contributed by atoms with E-state index in [1.54, 1.807) is 6.07 Å². The van der Waals surface area contributed by atoms with Gasteiger partial charge in [0.05, 0.1) is 5.38 Å². The van der Waals surface area contributed by atoms with Crippen molar-refractivity contribution in [2.45, 2.75) is 45.4 Å². The van der Waals surface area contributed by atoms with Crippen LogP contribution in [0, 0.1) is 5.92 Å². The van der Waals surface area contributed by atoms with Gasteiger partial charge in [0.2, 0.25) is 5.91 Å². The summed E-state index contributed by atoms with van der Waals surface area (Å²) in [5.41, 5.74) is 2.66. The first kappa shape index (κ1) is 16.0. The minimum Gasteiger partial charge on any atom is -0.312 e. The van der Waals surface area contributed by atoms with Gasteiger partial charge in [-0.1, -0.05) is 20.8 Å². The van der Waals surface area contributed by atoms with Crippen molar-refractivity contribution < 1.29 is 9.59 Å². The number of carbonyl (C=O) groups is 2. The molecule has 1 heterocycles. The minimum atomic E-state index is -0.469. The smallest absolute Gasteiger partial charge is 0.227 e. The van der Waals surface area contributed by atoms with E-state index in [4.69, 9.17) is 11.6 Å². The number of carbonyl (C=O) groups excluding carboxylic acids is 2.